The monoisotopic (exact) mass is 328 g/mol. The first-order valence-corrected chi connectivity index (χ1v) is 8.59. The predicted molar refractivity (Wildman–Crippen MR) is 101 cm³/mol. The Morgan fingerprint density at radius 1 is 0.800 bits per heavy atom. The van der Waals surface area contributed by atoms with Crippen LogP contribution in [0, 0.1) is 0 Å². The number of hydrogen-bond acceptors (Lipinski definition) is 2. The SMILES string of the molecule is OC1=C(c2ccccc2)CCc2cc(OCc3ccccc3)ccc21. The summed E-state index contributed by atoms with van der Waals surface area (Å²) in [5, 5.41) is 10.7. The first-order valence-electron chi connectivity index (χ1n) is 8.59. The van der Waals surface area contributed by atoms with Crippen molar-refractivity contribution in [2.75, 3.05) is 0 Å². The first kappa shape index (κ1) is 15.5. The molecule has 0 unspecified atom stereocenters. The molecule has 0 aromatic heterocycles. The van der Waals surface area contributed by atoms with Crippen molar-refractivity contribution in [2.24, 2.45) is 0 Å². The van der Waals surface area contributed by atoms with Crippen LogP contribution in [0.3, 0.4) is 0 Å². The fraction of sp³-hybridized carbons (Fsp3) is 0.130. The fourth-order valence-electron chi connectivity index (χ4n) is 3.30. The van der Waals surface area contributed by atoms with Crippen molar-refractivity contribution in [2.45, 2.75) is 19.4 Å². The lowest BCUT2D eigenvalue weighted by Crippen LogP contribution is -2.05. The summed E-state index contributed by atoms with van der Waals surface area (Å²) >= 11 is 0. The predicted octanol–water partition coefficient (Wildman–Crippen LogP) is 5.64. The molecule has 0 saturated heterocycles. The van der Waals surface area contributed by atoms with Gasteiger partial charge >= 0.3 is 0 Å². The zero-order valence-corrected chi connectivity index (χ0v) is 14.0. The number of ether oxygens (including phenoxy) is 1. The minimum absolute atomic E-state index is 0.391. The van der Waals surface area contributed by atoms with Crippen LogP contribution in [0.2, 0.25) is 0 Å². The van der Waals surface area contributed by atoms with Gasteiger partial charge in [0, 0.05) is 11.1 Å². The van der Waals surface area contributed by atoms with Gasteiger partial charge < -0.3 is 9.84 Å². The summed E-state index contributed by atoms with van der Waals surface area (Å²) in [6.45, 7) is 0.552. The van der Waals surface area contributed by atoms with E-state index in [1.165, 1.54) is 0 Å². The minimum atomic E-state index is 0.391. The van der Waals surface area contributed by atoms with E-state index in [1.807, 2.05) is 60.7 Å². The second kappa shape index (κ2) is 6.86. The van der Waals surface area contributed by atoms with E-state index >= 15 is 0 Å². The topological polar surface area (TPSA) is 29.5 Å². The maximum atomic E-state index is 10.7. The Bertz CT molecular complexity index is 896. The van der Waals surface area contributed by atoms with Crippen LogP contribution in [-0.2, 0) is 13.0 Å². The molecule has 3 aromatic rings. The van der Waals surface area contributed by atoms with Gasteiger partial charge in [-0.05, 0) is 47.7 Å². The van der Waals surface area contributed by atoms with Crippen LogP contribution >= 0.6 is 0 Å². The number of aryl methyl sites for hydroxylation is 1. The molecule has 1 aliphatic carbocycles. The number of aliphatic hydroxyl groups is 1. The number of allylic oxidation sites excluding steroid dienone is 1. The van der Waals surface area contributed by atoms with Gasteiger partial charge in [-0.3, -0.25) is 0 Å². The maximum absolute atomic E-state index is 10.7. The second-order valence-corrected chi connectivity index (χ2v) is 6.29. The molecule has 0 heterocycles. The lowest BCUT2D eigenvalue weighted by molar-refractivity contribution is 0.306. The molecule has 124 valence electrons. The lowest BCUT2D eigenvalue weighted by Gasteiger charge is -2.21. The number of hydrogen-bond donors (Lipinski definition) is 1. The molecule has 0 atom stereocenters. The largest absolute Gasteiger partial charge is 0.507 e. The zero-order chi connectivity index (χ0) is 17.1. The van der Waals surface area contributed by atoms with Crippen molar-refractivity contribution in [3.8, 4) is 5.75 Å². The molecular weight excluding hydrogens is 308 g/mol. The highest BCUT2D eigenvalue weighted by Crippen LogP contribution is 2.36. The molecule has 0 amide bonds. The summed E-state index contributed by atoms with van der Waals surface area (Å²) < 4.78 is 5.91. The Morgan fingerprint density at radius 2 is 1.52 bits per heavy atom. The molecule has 0 fully saturated rings. The Labute approximate surface area is 148 Å². The molecule has 1 aliphatic rings. The fourth-order valence-corrected chi connectivity index (χ4v) is 3.30. The van der Waals surface area contributed by atoms with Crippen molar-refractivity contribution in [3.05, 3.63) is 101 Å². The Hall–Kier alpha value is -3.00. The van der Waals surface area contributed by atoms with Gasteiger partial charge in [0.2, 0.25) is 0 Å². The average molecular weight is 328 g/mol. The van der Waals surface area contributed by atoms with Crippen molar-refractivity contribution in [1.82, 2.24) is 0 Å². The Kier molecular flexibility index (Phi) is 4.26. The van der Waals surface area contributed by atoms with E-state index < -0.39 is 0 Å². The molecule has 1 N–H and O–H groups in total. The van der Waals surface area contributed by atoms with Gasteiger partial charge in [0.05, 0.1) is 0 Å². The average Bonchev–Trinajstić information content (AvgIpc) is 2.68. The molecule has 2 heteroatoms. The van der Waals surface area contributed by atoms with E-state index in [0.717, 1.165) is 46.4 Å². The molecule has 2 nitrogen and oxygen atoms in total. The molecule has 25 heavy (non-hydrogen) atoms. The van der Waals surface area contributed by atoms with Gasteiger partial charge in [0.15, 0.2) is 0 Å². The first-order chi connectivity index (χ1) is 12.3. The third-order valence-corrected chi connectivity index (χ3v) is 4.63. The van der Waals surface area contributed by atoms with Gasteiger partial charge in [-0.25, -0.2) is 0 Å². The van der Waals surface area contributed by atoms with Gasteiger partial charge in [-0.2, -0.15) is 0 Å². The highest BCUT2D eigenvalue weighted by Gasteiger charge is 2.20. The molecule has 0 saturated carbocycles. The normalized spacial score (nSPS) is 13.4. The van der Waals surface area contributed by atoms with Crippen LogP contribution in [-0.4, -0.2) is 5.11 Å². The summed E-state index contributed by atoms with van der Waals surface area (Å²) in [6, 6.07) is 26.2. The summed E-state index contributed by atoms with van der Waals surface area (Å²) in [7, 11) is 0. The highest BCUT2D eigenvalue weighted by molar-refractivity contribution is 5.89. The van der Waals surface area contributed by atoms with Crippen LogP contribution in [0.25, 0.3) is 11.3 Å². The molecule has 0 aliphatic heterocycles. The van der Waals surface area contributed by atoms with Crippen molar-refractivity contribution >= 4 is 11.3 Å². The summed E-state index contributed by atoms with van der Waals surface area (Å²) in [6.07, 6.45) is 1.75. The Morgan fingerprint density at radius 3 is 2.28 bits per heavy atom. The lowest BCUT2D eigenvalue weighted by atomic mass is 9.87. The molecule has 0 spiro atoms. The molecule has 3 aromatic carbocycles. The number of aliphatic hydroxyl groups excluding tert-OH is 1. The van der Waals surface area contributed by atoms with E-state index in [-0.39, 0.29) is 0 Å². The quantitative estimate of drug-likeness (QED) is 0.672. The molecular formula is C23H20O2. The third kappa shape index (κ3) is 3.29. The van der Waals surface area contributed by atoms with Gasteiger partial charge in [0.25, 0.3) is 0 Å². The zero-order valence-electron chi connectivity index (χ0n) is 14.0. The standard InChI is InChI=1S/C23H20O2/c24-23-21(18-9-5-2-6-10-18)13-11-19-15-20(12-14-22(19)23)25-16-17-7-3-1-4-8-17/h1-10,12,14-15,24H,11,13,16H2. The number of benzene rings is 3. The van der Waals surface area contributed by atoms with Crippen LogP contribution in [0.15, 0.2) is 78.9 Å². The van der Waals surface area contributed by atoms with E-state index in [9.17, 15) is 5.11 Å². The third-order valence-electron chi connectivity index (χ3n) is 4.63. The summed E-state index contributed by atoms with van der Waals surface area (Å²) in [5.41, 5.74) is 5.32. The van der Waals surface area contributed by atoms with Crippen molar-refractivity contribution in [1.29, 1.82) is 0 Å². The number of fused-ring (bicyclic) bond motifs is 1. The van der Waals surface area contributed by atoms with Crippen molar-refractivity contribution in [3.63, 3.8) is 0 Å². The van der Waals surface area contributed by atoms with Crippen LogP contribution in [0.4, 0.5) is 0 Å². The van der Waals surface area contributed by atoms with E-state index in [2.05, 4.69) is 18.2 Å². The number of rotatable bonds is 4. The second-order valence-electron chi connectivity index (χ2n) is 6.29. The van der Waals surface area contributed by atoms with Crippen molar-refractivity contribution < 1.29 is 9.84 Å². The van der Waals surface area contributed by atoms with E-state index in [1.54, 1.807) is 0 Å². The highest BCUT2D eigenvalue weighted by atomic mass is 16.5. The minimum Gasteiger partial charge on any atom is -0.507 e. The van der Waals surface area contributed by atoms with E-state index in [4.69, 9.17) is 4.74 Å². The van der Waals surface area contributed by atoms with E-state index in [0.29, 0.717) is 12.4 Å². The smallest absolute Gasteiger partial charge is 0.126 e. The van der Waals surface area contributed by atoms with Gasteiger partial charge in [-0.15, -0.1) is 0 Å². The van der Waals surface area contributed by atoms with Crippen LogP contribution in [0.5, 0.6) is 5.75 Å². The maximum Gasteiger partial charge on any atom is 0.126 e. The summed E-state index contributed by atoms with van der Waals surface area (Å²) in [4.78, 5) is 0. The van der Waals surface area contributed by atoms with Gasteiger partial charge in [0.1, 0.15) is 18.1 Å². The molecule has 0 radical (unpaired) electrons. The van der Waals surface area contributed by atoms with Crippen LogP contribution in [0.1, 0.15) is 28.7 Å². The van der Waals surface area contributed by atoms with Gasteiger partial charge in [-0.1, -0.05) is 60.7 Å². The molecule has 4 rings (SSSR count). The van der Waals surface area contributed by atoms with Crippen LogP contribution < -0.4 is 4.74 Å². The molecule has 0 bridgehead atoms. The Balaban J connectivity index is 1.57. The summed E-state index contributed by atoms with van der Waals surface area (Å²) in [5.74, 6) is 1.24.